The highest BCUT2D eigenvalue weighted by molar-refractivity contribution is 5.84. The number of carbonyl (C=O) groups excluding carboxylic acids is 2. The zero-order valence-corrected chi connectivity index (χ0v) is 16.3. The second-order valence-electron chi connectivity index (χ2n) is 8.10. The molecule has 2 amide bonds. The minimum atomic E-state index is -0.0166. The van der Waals surface area contributed by atoms with Crippen molar-refractivity contribution in [2.24, 2.45) is 5.92 Å². The van der Waals surface area contributed by atoms with Gasteiger partial charge < -0.3 is 10.2 Å². The summed E-state index contributed by atoms with van der Waals surface area (Å²) in [4.78, 5) is 27.7. The molecule has 4 unspecified atom stereocenters. The van der Waals surface area contributed by atoms with E-state index < -0.39 is 0 Å². The molecule has 2 aliphatic heterocycles. The van der Waals surface area contributed by atoms with E-state index in [4.69, 9.17) is 0 Å². The maximum absolute atomic E-state index is 12.9. The van der Waals surface area contributed by atoms with Crippen molar-refractivity contribution >= 4 is 11.8 Å². The summed E-state index contributed by atoms with van der Waals surface area (Å²) in [5.41, 5.74) is 5.75. The summed E-state index contributed by atoms with van der Waals surface area (Å²) in [7, 11) is 0. The number of aryl methyl sites for hydroxylation is 1. The predicted molar refractivity (Wildman–Crippen MR) is 104 cm³/mol. The first kappa shape index (κ1) is 18.4. The number of rotatable bonds is 4. The van der Waals surface area contributed by atoms with Gasteiger partial charge in [-0.2, -0.15) is 0 Å². The molecule has 6 heteroatoms. The lowest BCUT2D eigenvalue weighted by Gasteiger charge is -2.51. The van der Waals surface area contributed by atoms with Crippen LogP contribution in [0, 0.1) is 12.8 Å². The second kappa shape index (κ2) is 7.60. The van der Waals surface area contributed by atoms with Crippen LogP contribution in [0.3, 0.4) is 0 Å². The SMILES string of the molecule is CCN1C(=O)C2CCNN2C2CCC(C(=O)NCc3cccc(C)c3)CC21. The van der Waals surface area contributed by atoms with E-state index in [-0.39, 0.29) is 29.8 Å². The third-order valence-electron chi connectivity index (χ3n) is 6.42. The Morgan fingerprint density at radius 2 is 2.11 bits per heavy atom. The van der Waals surface area contributed by atoms with E-state index in [1.54, 1.807) is 0 Å². The summed E-state index contributed by atoms with van der Waals surface area (Å²) in [6.07, 6.45) is 3.49. The summed E-state index contributed by atoms with van der Waals surface area (Å²) >= 11 is 0. The van der Waals surface area contributed by atoms with Crippen molar-refractivity contribution in [3.8, 4) is 0 Å². The summed E-state index contributed by atoms with van der Waals surface area (Å²) in [5.74, 6) is 0.330. The first-order valence-electron chi connectivity index (χ1n) is 10.2. The number of hydrazine groups is 1. The normalized spacial score (nSPS) is 30.7. The van der Waals surface area contributed by atoms with Gasteiger partial charge in [-0.1, -0.05) is 29.8 Å². The Kier molecular flexibility index (Phi) is 5.19. The Balaban J connectivity index is 1.41. The highest BCUT2D eigenvalue weighted by Gasteiger charge is 2.50. The van der Waals surface area contributed by atoms with Crippen LogP contribution in [-0.4, -0.2) is 52.9 Å². The molecule has 3 aliphatic rings. The third-order valence-corrected chi connectivity index (χ3v) is 6.42. The zero-order chi connectivity index (χ0) is 19.0. The van der Waals surface area contributed by atoms with Crippen molar-refractivity contribution in [2.45, 2.75) is 64.2 Å². The number of hydrogen-bond acceptors (Lipinski definition) is 4. The first-order valence-corrected chi connectivity index (χ1v) is 10.2. The standard InChI is InChI=1S/C21H30N4O2/c1-3-24-19-12-16(20(26)22-13-15-6-4-5-14(2)11-15)7-8-17(19)25-18(21(24)27)9-10-23-25/h4-6,11,16-19,23H,3,7-10,12-13H2,1-2H3,(H,22,26). The zero-order valence-electron chi connectivity index (χ0n) is 16.3. The number of piperazine rings is 1. The lowest BCUT2D eigenvalue weighted by molar-refractivity contribution is -0.155. The Labute approximate surface area is 161 Å². The van der Waals surface area contributed by atoms with Gasteiger partial charge in [0.15, 0.2) is 0 Å². The van der Waals surface area contributed by atoms with Gasteiger partial charge in [0, 0.05) is 37.6 Å². The molecule has 0 spiro atoms. The van der Waals surface area contributed by atoms with Gasteiger partial charge in [-0.15, -0.1) is 0 Å². The maximum Gasteiger partial charge on any atom is 0.241 e. The van der Waals surface area contributed by atoms with Crippen LogP contribution in [0.15, 0.2) is 24.3 Å². The van der Waals surface area contributed by atoms with E-state index in [1.807, 2.05) is 17.0 Å². The quantitative estimate of drug-likeness (QED) is 0.845. The number of nitrogens with one attached hydrogen (secondary N) is 2. The molecule has 4 atom stereocenters. The lowest BCUT2D eigenvalue weighted by Crippen LogP contribution is -2.68. The van der Waals surface area contributed by atoms with Crippen LogP contribution in [0.1, 0.15) is 43.7 Å². The Morgan fingerprint density at radius 3 is 2.89 bits per heavy atom. The van der Waals surface area contributed by atoms with Crippen molar-refractivity contribution in [3.05, 3.63) is 35.4 Å². The second-order valence-corrected chi connectivity index (χ2v) is 8.10. The van der Waals surface area contributed by atoms with Gasteiger partial charge in [-0.05, 0) is 45.1 Å². The molecule has 3 fully saturated rings. The molecule has 0 aromatic heterocycles. The van der Waals surface area contributed by atoms with E-state index >= 15 is 0 Å². The van der Waals surface area contributed by atoms with Gasteiger partial charge in [0.25, 0.3) is 0 Å². The van der Waals surface area contributed by atoms with E-state index in [0.717, 1.165) is 44.3 Å². The van der Waals surface area contributed by atoms with Crippen LogP contribution in [0.25, 0.3) is 0 Å². The highest BCUT2D eigenvalue weighted by atomic mass is 16.2. The third kappa shape index (κ3) is 3.48. The topological polar surface area (TPSA) is 64.7 Å². The van der Waals surface area contributed by atoms with Crippen LogP contribution in [0.4, 0.5) is 0 Å². The summed E-state index contributed by atoms with van der Waals surface area (Å²) in [5, 5.41) is 5.30. The lowest BCUT2D eigenvalue weighted by atomic mass is 9.78. The van der Waals surface area contributed by atoms with Gasteiger partial charge in [0.05, 0.1) is 0 Å². The van der Waals surface area contributed by atoms with E-state index in [2.05, 4.69) is 41.7 Å². The Bertz CT molecular complexity index is 722. The molecular formula is C21H30N4O2. The van der Waals surface area contributed by atoms with Gasteiger partial charge in [-0.25, -0.2) is 5.01 Å². The molecule has 146 valence electrons. The van der Waals surface area contributed by atoms with Crippen molar-refractivity contribution < 1.29 is 9.59 Å². The van der Waals surface area contributed by atoms with Crippen LogP contribution in [0.2, 0.25) is 0 Å². The number of likely N-dealkylation sites (N-methyl/N-ethyl adjacent to an activating group) is 1. The molecule has 1 aromatic rings. The summed E-state index contributed by atoms with van der Waals surface area (Å²) in [6.45, 7) is 6.27. The molecule has 1 aromatic carbocycles. The fraction of sp³-hybridized carbons (Fsp3) is 0.619. The molecule has 0 radical (unpaired) electrons. The van der Waals surface area contributed by atoms with Crippen molar-refractivity contribution in [1.82, 2.24) is 20.7 Å². The molecule has 0 bridgehead atoms. The summed E-state index contributed by atoms with van der Waals surface area (Å²) < 4.78 is 0. The van der Waals surface area contributed by atoms with E-state index in [0.29, 0.717) is 12.6 Å². The molecule has 27 heavy (non-hydrogen) atoms. The van der Waals surface area contributed by atoms with Crippen LogP contribution in [0.5, 0.6) is 0 Å². The number of hydrogen-bond donors (Lipinski definition) is 2. The Hall–Kier alpha value is -1.92. The molecule has 1 aliphatic carbocycles. The van der Waals surface area contributed by atoms with E-state index in [9.17, 15) is 9.59 Å². The predicted octanol–water partition coefficient (Wildman–Crippen LogP) is 1.59. The minimum Gasteiger partial charge on any atom is -0.352 e. The molecule has 1 saturated carbocycles. The molecule has 4 rings (SSSR count). The van der Waals surface area contributed by atoms with Crippen molar-refractivity contribution in [3.63, 3.8) is 0 Å². The maximum atomic E-state index is 12.9. The molecule has 6 nitrogen and oxygen atoms in total. The van der Waals surface area contributed by atoms with Gasteiger partial charge in [0.1, 0.15) is 6.04 Å². The molecule has 2 N–H and O–H groups in total. The average Bonchev–Trinajstić information content (AvgIpc) is 3.16. The van der Waals surface area contributed by atoms with Gasteiger partial charge in [-0.3, -0.25) is 15.0 Å². The molecule has 2 heterocycles. The largest absolute Gasteiger partial charge is 0.352 e. The average molecular weight is 370 g/mol. The van der Waals surface area contributed by atoms with Gasteiger partial charge in [0.2, 0.25) is 11.8 Å². The first-order chi connectivity index (χ1) is 13.1. The molecule has 2 saturated heterocycles. The van der Waals surface area contributed by atoms with Crippen LogP contribution < -0.4 is 10.7 Å². The van der Waals surface area contributed by atoms with Crippen LogP contribution >= 0.6 is 0 Å². The number of carbonyl (C=O) groups is 2. The highest BCUT2D eigenvalue weighted by Crippen LogP contribution is 2.37. The van der Waals surface area contributed by atoms with Crippen LogP contribution in [-0.2, 0) is 16.1 Å². The Morgan fingerprint density at radius 1 is 1.26 bits per heavy atom. The van der Waals surface area contributed by atoms with Crippen molar-refractivity contribution in [2.75, 3.05) is 13.1 Å². The fourth-order valence-electron chi connectivity index (χ4n) is 5.10. The number of amides is 2. The van der Waals surface area contributed by atoms with Crippen molar-refractivity contribution in [1.29, 1.82) is 0 Å². The minimum absolute atomic E-state index is 0.0158. The summed E-state index contributed by atoms with van der Waals surface area (Å²) in [6, 6.07) is 8.68. The fourth-order valence-corrected chi connectivity index (χ4v) is 5.10. The number of benzene rings is 1. The number of nitrogens with zero attached hydrogens (tertiary/aromatic N) is 2. The monoisotopic (exact) mass is 370 g/mol. The van der Waals surface area contributed by atoms with Gasteiger partial charge >= 0.3 is 0 Å². The molecular weight excluding hydrogens is 340 g/mol. The van der Waals surface area contributed by atoms with E-state index in [1.165, 1.54) is 5.56 Å². The smallest absolute Gasteiger partial charge is 0.241 e. The number of fused-ring (bicyclic) bond motifs is 3.